The fourth-order valence-corrected chi connectivity index (χ4v) is 3.01. The van der Waals surface area contributed by atoms with Crippen molar-refractivity contribution in [3.05, 3.63) is 41.0 Å². The Bertz CT molecular complexity index is 759. The molecule has 7 nitrogen and oxygen atoms in total. The Morgan fingerprint density at radius 2 is 2.12 bits per heavy atom. The lowest BCUT2D eigenvalue weighted by Crippen LogP contribution is -2.50. The molecular weight excluding hydrogens is 320 g/mol. The molecule has 0 aliphatic carbocycles. The van der Waals surface area contributed by atoms with Gasteiger partial charge in [0.15, 0.2) is 12.4 Å². The predicted molar refractivity (Wildman–Crippen MR) is 92.4 cm³/mol. The molecular formula is C18H24N4O3. The van der Waals surface area contributed by atoms with Crippen molar-refractivity contribution < 1.29 is 14.1 Å². The van der Waals surface area contributed by atoms with Gasteiger partial charge in [-0.25, -0.2) is 0 Å². The normalized spacial score (nSPS) is 18.4. The zero-order valence-corrected chi connectivity index (χ0v) is 15.2. The Balaban J connectivity index is 1.62. The number of amides is 1. The number of likely N-dealkylation sites (N-methyl/N-ethyl adjacent to an activating group) is 1. The van der Waals surface area contributed by atoms with E-state index >= 15 is 0 Å². The summed E-state index contributed by atoms with van der Waals surface area (Å²) in [6.07, 6.45) is 0. The Morgan fingerprint density at radius 1 is 1.32 bits per heavy atom. The number of carbonyl (C=O) groups is 1. The number of aryl methyl sites for hydroxylation is 3. The van der Waals surface area contributed by atoms with Crippen LogP contribution in [0.3, 0.4) is 0 Å². The third-order valence-electron chi connectivity index (χ3n) is 4.51. The maximum atomic E-state index is 12.6. The number of ether oxygens (including phenoxy) is 1. The van der Waals surface area contributed by atoms with Gasteiger partial charge in [0.2, 0.25) is 5.89 Å². The van der Waals surface area contributed by atoms with E-state index in [0.717, 1.165) is 17.9 Å². The second kappa shape index (κ2) is 7.23. The lowest BCUT2D eigenvalue weighted by atomic mass is 10.1. The highest BCUT2D eigenvalue weighted by Gasteiger charge is 2.32. The van der Waals surface area contributed by atoms with E-state index in [1.807, 2.05) is 39.1 Å². The van der Waals surface area contributed by atoms with Crippen molar-refractivity contribution in [3.8, 4) is 5.75 Å². The first-order valence-corrected chi connectivity index (χ1v) is 8.42. The minimum atomic E-state index is -0.0833. The molecule has 0 radical (unpaired) electrons. The number of hydrogen-bond donors (Lipinski definition) is 0. The maximum absolute atomic E-state index is 12.6. The summed E-state index contributed by atoms with van der Waals surface area (Å²) in [6, 6.07) is 5.85. The fourth-order valence-electron chi connectivity index (χ4n) is 3.01. The van der Waals surface area contributed by atoms with Crippen LogP contribution < -0.4 is 4.74 Å². The van der Waals surface area contributed by atoms with Crippen LogP contribution in [0.15, 0.2) is 22.7 Å². The number of carbonyl (C=O) groups excluding carboxylic acids is 1. The van der Waals surface area contributed by atoms with E-state index in [1.165, 1.54) is 5.56 Å². The summed E-state index contributed by atoms with van der Waals surface area (Å²) in [5, 5.41) is 3.85. The van der Waals surface area contributed by atoms with E-state index < -0.39 is 0 Å². The van der Waals surface area contributed by atoms with Crippen LogP contribution in [-0.4, -0.2) is 59.1 Å². The molecule has 1 saturated heterocycles. The van der Waals surface area contributed by atoms with Crippen LogP contribution in [0.1, 0.15) is 28.9 Å². The Morgan fingerprint density at radius 3 is 2.80 bits per heavy atom. The zero-order chi connectivity index (χ0) is 18.0. The van der Waals surface area contributed by atoms with E-state index in [9.17, 15) is 4.79 Å². The van der Waals surface area contributed by atoms with Crippen molar-refractivity contribution >= 4 is 5.91 Å². The summed E-state index contributed by atoms with van der Waals surface area (Å²) in [6.45, 7) is 7.77. The maximum Gasteiger partial charge on any atom is 0.260 e. The highest BCUT2D eigenvalue weighted by atomic mass is 16.5. The molecule has 7 heteroatoms. The number of rotatable bonds is 4. The van der Waals surface area contributed by atoms with Gasteiger partial charge in [-0.3, -0.25) is 9.69 Å². The van der Waals surface area contributed by atoms with Crippen LogP contribution in [-0.2, 0) is 4.79 Å². The minimum absolute atomic E-state index is 0.0309. The van der Waals surface area contributed by atoms with Crippen LogP contribution in [0.2, 0.25) is 0 Å². The molecule has 1 amide bonds. The number of hydrogen-bond acceptors (Lipinski definition) is 6. The number of aromatic nitrogens is 2. The molecule has 0 saturated carbocycles. The van der Waals surface area contributed by atoms with Gasteiger partial charge >= 0.3 is 0 Å². The lowest BCUT2D eigenvalue weighted by Gasteiger charge is -2.37. The highest BCUT2D eigenvalue weighted by molar-refractivity contribution is 5.78. The molecule has 0 N–H and O–H groups in total. The number of nitrogens with zero attached hydrogens (tertiary/aromatic N) is 4. The van der Waals surface area contributed by atoms with Crippen molar-refractivity contribution in [2.24, 2.45) is 0 Å². The van der Waals surface area contributed by atoms with Crippen LogP contribution in [0.25, 0.3) is 0 Å². The Hall–Kier alpha value is -2.41. The molecule has 0 spiro atoms. The van der Waals surface area contributed by atoms with Crippen LogP contribution >= 0.6 is 0 Å². The molecule has 1 aliphatic heterocycles. The van der Waals surface area contributed by atoms with Crippen molar-refractivity contribution in [2.75, 3.05) is 33.3 Å². The molecule has 2 aromatic rings. The van der Waals surface area contributed by atoms with E-state index in [0.29, 0.717) is 24.8 Å². The van der Waals surface area contributed by atoms with Gasteiger partial charge in [-0.1, -0.05) is 22.9 Å². The summed E-state index contributed by atoms with van der Waals surface area (Å²) in [7, 11) is 2.00. The zero-order valence-electron chi connectivity index (χ0n) is 15.2. The molecule has 1 aromatic carbocycles. The predicted octanol–water partition coefficient (Wildman–Crippen LogP) is 1.89. The summed E-state index contributed by atoms with van der Waals surface area (Å²) in [5.74, 6) is 1.87. The molecule has 1 aliphatic rings. The highest BCUT2D eigenvalue weighted by Crippen LogP contribution is 2.23. The fraction of sp³-hybridized carbons (Fsp3) is 0.500. The minimum Gasteiger partial charge on any atom is -0.484 e. The molecule has 0 bridgehead atoms. The summed E-state index contributed by atoms with van der Waals surface area (Å²) in [4.78, 5) is 20.8. The standard InChI is InChI=1S/C18H24N4O3/c1-12-5-6-16(13(2)9-12)24-11-17(23)22-8-7-21(4)15(10-22)18-19-14(3)20-25-18/h5-6,9,15H,7-8,10-11H2,1-4H3/t15-/m0/s1. The van der Waals surface area contributed by atoms with Crippen LogP contribution in [0.5, 0.6) is 5.75 Å². The molecule has 2 heterocycles. The average molecular weight is 344 g/mol. The molecule has 1 atom stereocenters. The van der Waals surface area contributed by atoms with Gasteiger partial charge in [0.05, 0.1) is 0 Å². The topological polar surface area (TPSA) is 71.7 Å². The molecule has 1 aromatic heterocycles. The van der Waals surface area contributed by atoms with Crippen molar-refractivity contribution in [1.29, 1.82) is 0 Å². The number of benzene rings is 1. The molecule has 134 valence electrons. The van der Waals surface area contributed by atoms with Gasteiger partial charge < -0.3 is 14.2 Å². The quantitative estimate of drug-likeness (QED) is 0.843. The first kappa shape index (κ1) is 17.4. The third-order valence-corrected chi connectivity index (χ3v) is 4.51. The summed E-state index contributed by atoms with van der Waals surface area (Å²) >= 11 is 0. The first-order chi connectivity index (χ1) is 11.9. The monoisotopic (exact) mass is 344 g/mol. The van der Waals surface area contributed by atoms with Crippen molar-refractivity contribution in [3.63, 3.8) is 0 Å². The van der Waals surface area contributed by atoms with Gasteiger partial charge in [-0.2, -0.15) is 4.98 Å². The van der Waals surface area contributed by atoms with Gasteiger partial charge in [0.1, 0.15) is 11.8 Å². The largest absolute Gasteiger partial charge is 0.484 e. The molecule has 25 heavy (non-hydrogen) atoms. The first-order valence-electron chi connectivity index (χ1n) is 8.42. The van der Waals surface area contributed by atoms with Crippen molar-refractivity contribution in [1.82, 2.24) is 19.9 Å². The third kappa shape index (κ3) is 3.99. The van der Waals surface area contributed by atoms with Gasteiger partial charge in [-0.15, -0.1) is 0 Å². The van der Waals surface area contributed by atoms with Gasteiger partial charge in [-0.05, 0) is 39.4 Å². The molecule has 0 unspecified atom stereocenters. The van der Waals surface area contributed by atoms with Crippen molar-refractivity contribution in [2.45, 2.75) is 26.8 Å². The molecule has 3 rings (SSSR count). The van der Waals surface area contributed by atoms with E-state index in [1.54, 1.807) is 11.8 Å². The Labute approximate surface area is 147 Å². The average Bonchev–Trinajstić information content (AvgIpc) is 3.00. The number of piperazine rings is 1. The van der Waals surface area contributed by atoms with Gasteiger partial charge in [0.25, 0.3) is 5.91 Å². The van der Waals surface area contributed by atoms with Crippen LogP contribution in [0, 0.1) is 20.8 Å². The SMILES string of the molecule is Cc1ccc(OCC(=O)N2CCN(C)[C@H](c3nc(C)no3)C2)c(C)c1. The van der Waals surface area contributed by atoms with E-state index in [2.05, 4.69) is 15.0 Å². The molecule has 1 fully saturated rings. The lowest BCUT2D eigenvalue weighted by molar-refractivity contribution is -0.136. The summed E-state index contributed by atoms with van der Waals surface area (Å²) in [5.41, 5.74) is 2.21. The Kier molecular flexibility index (Phi) is 5.03. The van der Waals surface area contributed by atoms with Gasteiger partial charge in [0, 0.05) is 19.6 Å². The smallest absolute Gasteiger partial charge is 0.260 e. The van der Waals surface area contributed by atoms with Crippen LogP contribution in [0.4, 0.5) is 0 Å². The van der Waals surface area contributed by atoms with E-state index in [4.69, 9.17) is 9.26 Å². The second-order valence-corrected chi connectivity index (χ2v) is 6.57. The summed E-state index contributed by atoms with van der Waals surface area (Å²) < 4.78 is 11.0. The second-order valence-electron chi connectivity index (χ2n) is 6.57. The van der Waals surface area contributed by atoms with E-state index in [-0.39, 0.29) is 18.6 Å².